The van der Waals surface area contributed by atoms with Gasteiger partial charge in [0.05, 0.1) is 38.2 Å². The van der Waals surface area contributed by atoms with Crippen LogP contribution in [-0.2, 0) is 26.4 Å². The average molecular weight is 826 g/mol. The fraction of sp³-hybridized carbons (Fsp3) is 0.419. The molecule has 17 heteroatoms. The summed E-state index contributed by atoms with van der Waals surface area (Å²) >= 11 is 1.86. The molecule has 1 amide bonds. The van der Waals surface area contributed by atoms with Gasteiger partial charge in [-0.3, -0.25) is 9.52 Å². The van der Waals surface area contributed by atoms with Crippen molar-refractivity contribution in [3.8, 4) is 0 Å². The minimum Gasteiger partial charge on any atom is -0.366 e. The van der Waals surface area contributed by atoms with Gasteiger partial charge < -0.3 is 11.1 Å². The van der Waals surface area contributed by atoms with Crippen LogP contribution in [0.5, 0.6) is 0 Å². The van der Waals surface area contributed by atoms with Gasteiger partial charge in [0.15, 0.2) is 23.3 Å². The molecule has 0 aliphatic rings. The molecule has 5 N–H and O–H groups in total. The maximum Gasteiger partial charge on any atom is 0.300 e. The molecular weight excluding hydrogens is 785 g/mol. The zero-order valence-corrected chi connectivity index (χ0v) is 31.4. The number of benzene rings is 2. The monoisotopic (exact) mass is 825 g/mol. The van der Waals surface area contributed by atoms with Crippen LogP contribution < -0.4 is 20.5 Å². The highest BCUT2D eigenvalue weighted by Gasteiger charge is 2.40. The minimum absolute atomic E-state index is 0.0648. The third-order valence-corrected chi connectivity index (χ3v) is 16.8. The van der Waals surface area contributed by atoms with Crippen LogP contribution in [0.25, 0.3) is 0 Å². The van der Waals surface area contributed by atoms with Crippen LogP contribution in [0.15, 0.2) is 36.5 Å². The van der Waals surface area contributed by atoms with E-state index in [-0.39, 0.29) is 35.9 Å². The first-order chi connectivity index (χ1) is 22.2. The molecule has 2 aromatic carbocycles. The van der Waals surface area contributed by atoms with Crippen molar-refractivity contribution in [3.05, 3.63) is 80.1 Å². The lowest BCUT2D eigenvalue weighted by molar-refractivity contribution is -0.294. The van der Waals surface area contributed by atoms with E-state index in [2.05, 4.69) is 55.8 Å². The van der Waals surface area contributed by atoms with Crippen LogP contribution in [0.1, 0.15) is 55.6 Å². The largest absolute Gasteiger partial charge is 0.366 e. The Kier molecular flexibility index (Phi) is 13.4. The van der Waals surface area contributed by atoms with E-state index >= 15 is 13.2 Å². The van der Waals surface area contributed by atoms with Gasteiger partial charge in [-0.15, -0.1) is 0 Å². The summed E-state index contributed by atoms with van der Waals surface area (Å²) in [7, 11) is -5.91. The first-order valence-corrected chi connectivity index (χ1v) is 20.6. The number of nitrogens with two attached hydrogens (primary N) is 1. The number of amides is 1. The molecule has 1 heterocycles. The number of anilines is 3. The van der Waals surface area contributed by atoms with Crippen LogP contribution >= 0.6 is 22.6 Å². The summed E-state index contributed by atoms with van der Waals surface area (Å²) < 4.78 is 90.1. The van der Waals surface area contributed by atoms with Crippen molar-refractivity contribution < 1.29 is 40.5 Å². The van der Waals surface area contributed by atoms with E-state index < -0.39 is 76.5 Å². The molecule has 1 unspecified atom stereocenters. The Morgan fingerprint density at radius 3 is 2.35 bits per heavy atom. The number of carbonyl (C=O) groups excluding carboxylic acids is 1. The van der Waals surface area contributed by atoms with Crippen LogP contribution in [-0.4, -0.2) is 47.1 Å². The molecule has 0 bridgehead atoms. The molecule has 0 spiro atoms. The molecule has 0 fully saturated rings. The highest BCUT2D eigenvalue weighted by molar-refractivity contribution is 14.1. The fourth-order valence-electron chi connectivity index (χ4n) is 4.40. The van der Waals surface area contributed by atoms with E-state index in [1.807, 2.05) is 27.3 Å². The maximum absolute atomic E-state index is 15.4. The number of nitrogens with one attached hydrogen (secondary N) is 3. The molecule has 1 aromatic heterocycles. The molecule has 0 saturated heterocycles. The minimum atomic E-state index is -4.29. The van der Waals surface area contributed by atoms with Gasteiger partial charge in [0.25, 0.3) is 16.1 Å². The predicted molar refractivity (Wildman–Crippen MR) is 188 cm³/mol. The Balaban J connectivity index is 1.64. The molecule has 3 aromatic rings. The van der Waals surface area contributed by atoms with Crippen molar-refractivity contribution in [2.45, 2.75) is 64.2 Å². The summed E-state index contributed by atoms with van der Waals surface area (Å²) in [6, 6.07) is 5.98. The lowest BCUT2D eigenvalue weighted by Crippen LogP contribution is -2.42. The zero-order chi connectivity index (χ0) is 36.0. The normalized spacial score (nSPS) is 13.0. The lowest BCUT2D eigenvalue weighted by atomic mass is 10.00. The first-order valence-electron chi connectivity index (χ1n) is 14.9. The molecule has 264 valence electrons. The van der Waals surface area contributed by atoms with Gasteiger partial charge >= 0.3 is 0 Å². The molecule has 10 nitrogen and oxygen atoms in total. The van der Waals surface area contributed by atoms with Crippen molar-refractivity contribution in [2.24, 2.45) is 5.73 Å². The van der Waals surface area contributed by atoms with E-state index in [1.165, 1.54) is 12.1 Å². The third kappa shape index (κ3) is 10.1. The third-order valence-electron chi connectivity index (χ3n) is 8.58. The smallest absolute Gasteiger partial charge is 0.300 e. The van der Waals surface area contributed by atoms with Gasteiger partial charge in [-0.1, -0.05) is 40.8 Å². The van der Waals surface area contributed by atoms with E-state index in [1.54, 1.807) is 0 Å². The highest BCUT2D eigenvalue weighted by Crippen LogP contribution is 2.43. The van der Waals surface area contributed by atoms with Gasteiger partial charge in [-0.25, -0.2) is 32.3 Å². The standard InChI is InChI=1S/C31H40F4IN5O5SSi/c1-18(48(5,6)31(2,3)4)17-46-45-13-7-11-39-47(43,44)41-30-26(34)19(10-12-38-30)14-20-15-22(29(37)42)28(27(35)25(20)33)40-24-9-8-21(36)16-23(24)32/h8-10,12,15-16,18,39-40H,7,11,13-14,17H2,1-6H3,(H2,37,42)(H,38,41). The number of rotatable bonds is 16. The zero-order valence-electron chi connectivity index (χ0n) is 27.4. The second kappa shape index (κ2) is 16.2. The van der Waals surface area contributed by atoms with Crippen molar-refractivity contribution in [3.63, 3.8) is 0 Å². The number of nitrogens with zero attached hydrogens (tertiary/aromatic N) is 1. The Morgan fingerprint density at radius 2 is 1.73 bits per heavy atom. The fourth-order valence-corrected chi connectivity index (χ4v) is 7.70. The van der Waals surface area contributed by atoms with Gasteiger partial charge in [-0.2, -0.15) is 13.1 Å². The summed E-state index contributed by atoms with van der Waals surface area (Å²) in [5.74, 6) is -6.78. The highest BCUT2D eigenvalue weighted by atomic mass is 127. The molecule has 0 aliphatic heterocycles. The number of primary amides is 1. The molecule has 0 aliphatic carbocycles. The number of carbonyl (C=O) groups is 1. The summed E-state index contributed by atoms with van der Waals surface area (Å²) in [5, 5.41) is 2.55. The molecule has 1 atom stereocenters. The van der Waals surface area contributed by atoms with E-state index in [4.69, 9.17) is 15.5 Å². The van der Waals surface area contributed by atoms with E-state index in [0.717, 1.165) is 24.4 Å². The summed E-state index contributed by atoms with van der Waals surface area (Å²) in [4.78, 5) is 26.4. The van der Waals surface area contributed by atoms with Crippen molar-refractivity contribution >= 4 is 64.0 Å². The molecule has 3 rings (SSSR count). The molecular formula is C31H40F4IN5O5SSi. The van der Waals surface area contributed by atoms with Crippen LogP contribution in [0.3, 0.4) is 0 Å². The van der Waals surface area contributed by atoms with E-state index in [9.17, 15) is 17.6 Å². The van der Waals surface area contributed by atoms with Gasteiger partial charge in [0.1, 0.15) is 5.82 Å². The number of pyridine rings is 1. The molecule has 48 heavy (non-hydrogen) atoms. The Morgan fingerprint density at radius 1 is 1.04 bits per heavy atom. The lowest BCUT2D eigenvalue weighted by Gasteiger charge is -2.41. The van der Waals surface area contributed by atoms with Crippen molar-refractivity contribution in [2.75, 3.05) is 29.8 Å². The Bertz CT molecular complexity index is 1750. The topological polar surface area (TPSA) is 145 Å². The number of hydrogen-bond acceptors (Lipinski definition) is 7. The average Bonchev–Trinajstić information content (AvgIpc) is 2.98. The summed E-state index contributed by atoms with van der Waals surface area (Å²) in [5.41, 5.74) is 3.56. The summed E-state index contributed by atoms with van der Waals surface area (Å²) in [6.45, 7) is 13.8. The number of aromatic nitrogens is 1. The molecule has 0 radical (unpaired) electrons. The van der Waals surface area contributed by atoms with Gasteiger partial charge in [0, 0.05) is 22.7 Å². The number of hydrogen-bond donors (Lipinski definition) is 4. The van der Waals surface area contributed by atoms with Crippen LogP contribution in [0.2, 0.25) is 23.7 Å². The van der Waals surface area contributed by atoms with Crippen LogP contribution in [0, 0.1) is 26.8 Å². The Labute approximate surface area is 292 Å². The van der Waals surface area contributed by atoms with Crippen LogP contribution in [0.4, 0.5) is 34.8 Å². The first kappa shape index (κ1) is 39.6. The quantitative estimate of drug-likeness (QED) is 0.0300. The maximum atomic E-state index is 15.4. The van der Waals surface area contributed by atoms with E-state index in [0.29, 0.717) is 15.7 Å². The SMILES string of the molecule is CC(COOCCCNS(=O)(=O)Nc1nccc(Cc2cc(C(N)=O)c(Nc3ccc(I)cc3F)c(F)c2F)c1F)[Si](C)(C)C(C)(C)C. The summed E-state index contributed by atoms with van der Waals surface area (Å²) in [6.07, 6.45) is 0.716. The second-order valence-corrected chi connectivity index (χ2v) is 21.5. The van der Waals surface area contributed by atoms with Crippen molar-refractivity contribution in [1.29, 1.82) is 0 Å². The molecule has 0 saturated carbocycles. The predicted octanol–water partition coefficient (Wildman–Crippen LogP) is 7.16. The Hall–Kier alpha value is -2.84. The second-order valence-electron chi connectivity index (χ2n) is 12.8. The van der Waals surface area contributed by atoms with Crippen molar-refractivity contribution in [1.82, 2.24) is 9.71 Å². The number of halogens is 5. The van der Waals surface area contributed by atoms with Gasteiger partial charge in [-0.05, 0) is 81.0 Å². The van der Waals surface area contributed by atoms with Gasteiger partial charge in [0.2, 0.25) is 0 Å².